The molecule has 1 heterocycles. The summed E-state index contributed by atoms with van der Waals surface area (Å²) >= 11 is 0. The number of nitrogens with one attached hydrogen (secondary N) is 1. The first-order valence-corrected chi connectivity index (χ1v) is 9.22. The highest BCUT2D eigenvalue weighted by Gasteiger charge is 2.43. The maximum Gasteiger partial charge on any atom is 0.332 e. The first-order chi connectivity index (χ1) is 12.6. The van der Waals surface area contributed by atoms with Crippen molar-refractivity contribution in [1.29, 1.82) is 0 Å². The summed E-state index contributed by atoms with van der Waals surface area (Å²) in [5.74, 6) is -0.644. The van der Waals surface area contributed by atoms with E-state index in [0.717, 1.165) is 24.2 Å². The van der Waals surface area contributed by atoms with E-state index in [0.29, 0.717) is 12.2 Å². The van der Waals surface area contributed by atoms with Crippen LogP contribution in [-0.4, -0.2) is 41.9 Å². The van der Waals surface area contributed by atoms with E-state index in [1.807, 2.05) is 18.2 Å². The predicted octanol–water partition coefficient (Wildman–Crippen LogP) is 2.85. The van der Waals surface area contributed by atoms with E-state index >= 15 is 0 Å². The monoisotopic (exact) mass is 355 g/mol. The Hall–Kier alpha value is -2.63. The number of imide groups is 1. The molecule has 1 aromatic carbocycles. The summed E-state index contributed by atoms with van der Waals surface area (Å²) in [5.41, 5.74) is 2.04. The van der Waals surface area contributed by atoms with Gasteiger partial charge in [0.05, 0.1) is 0 Å². The minimum atomic E-state index is -0.606. The van der Waals surface area contributed by atoms with Crippen LogP contribution in [0.3, 0.4) is 0 Å². The van der Waals surface area contributed by atoms with E-state index in [2.05, 4.69) is 11.4 Å². The number of carbonyl (C=O) groups excluding carboxylic acids is 3. The molecule has 6 heteroatoms. The number of carbonyl (C=O) groups is 3. The van der Waals surface area contributed by atoms with Gasteiger partial charge in [0.15, 0.2) is 0 Å². The molecule has 0 bridgehead atoms. The lowest BCUT2D eigenvalue weighted by molar-refractivity contribution is -0.131. The summed E-state index contributed by atoms with van der Waals surface area (Å²) in [4.78, 5) is 39.7. The molecule has 2 aliphatic rings. The summed E-state index contributed by atoms with van der Waals surface area (Å²) in [7, 11) is 0. The minimum absolute atomic E-state index is 0.232. The summed E-state index contributed by atoms with van der Waals surface area (Å²) in [5, 5.41) is 2.82. The van der Waals surface area contributed by atoms with Gasteiger partial charge in [-0.1, -0.05) is 29.8 Å². The van der Waals surface area contributed by atoms with Crippen LogP contribution in [0, 0.1) is 0 Å². The number of benzene rings is 1. The van der Waals surface area contributed by atoms with Gasteiger partial charge in [-0.3, -0.25) is 19.4 Å². The third kappa shape index (κ3) is 3.95. The Kier molecular flexibility index (Phi) is 5.71. The minimum Gasteiger partial charge on any atom is -0.354 e. The lowest BCUT2D eigenvalue weighted by Crippen LogP contribution is -2.41. The fraction of sp³-hybridized carbons (Fsp3) is 0.450. The van der Waals surface area contributed by atoms with Gasteiger partial charge in [-0.15, -0.1) is 0 Å². The molecule has 1 saturated heterocycles. The van der Waals surface area contributed by atoms with Gasteiger partial charge in [0, 0.05) is 12.2 Å². The van der Waals surface area contributed by atoms with Gasteiger partial charge in [0.25, 0.3) is 5.91 Å². The molecular formula is C20H25N3O3. The van der Waals surface area contributed by atoms with Crippen LogP contribution in [0.4, 0.5) is 10.5 Å². The van der Waals surface area contributed by atoms with Crippen molar-refractivity contribution < 1.29 is 14.4 Å². The van der Waals surface area contributed by atoms with Crippen molar-refractivity contribution in [3.8, 4) is 0 Å². The molecule has 1 aromatic rings. The molecule has 4 amide bonds. The summed E-state index contributed by atoms with van der Waals surface area (Å²) in [6, 6.07) is 7.99. The standard InChI is InChI=1S/C20H25N3O3/c1-15-19(25)22(20(26)23(15)17-10-6-3-7-11-17)14-18(24)21-13-12-16-8-4-2-5-9-16/h3,6-8,10-11,15H,2,4-5,9,12-14H2,1H3,(H,21,24)/t15-/m0/s1. The van der Waals surface area contributed by atoms with Crippen LogP contribution in [0.2, 0.25) is 0 Å². The van der Waals surface area contributed by atoms with Crippen LogP contribution in [0.5, 0.6) is 0 Å². The molecule has 0 unspecified atom stereocenters. The number of allylic oxidation sites excluding steroid dienone is 1. The van der Waals surface area contributed by atoms with E-state index in [-0.39, 0.29) is 18.4 Å². The van der Waals surface area contributed by atoms with Crippen molar-refractivity contribution in [3.05, 3.63) is 42.0 Å². The fourth-order valence-corrected chi connectivity index (χ4v) is 3.49. The van der Waals surface area contributed by atoms with Crippen LogP contribution < -0.4 is 10.2 Å². The number of rotatable bonds is 6. The third-order valence-corrected chi connectivity index (χ3v) is 4.94. The highest BCUT2D eigenvalue weighted by molar-refractivity contribution is 6.15. The van der Waals surface area contributed by atoms with Crippen molar-refractivity contribution in [2.45, 2.75) is 45.1 Å². The second kappa shape index (κ2) is 8.17. The lowest BCUT2D eigenvalue weighted by atomic mass is 9.97. The number of hydrogen-bond donors (Lipinski definition) is 1. The fourth-order valence-electron chi connectivity index (χ4n) is 3.49. The molecule has 1 N–H and O–H groups in total. The Bertz CT molecular complexity index is 714. The van der Waals surface area contributed by atoms with Crippen molar-refractivity contribution in [1.82, 2.24) is 10.2 Å². The van der Waals surface area contributed by atoms with E-state index in [9.17, 15) is 14.4 Å². The zero-order valence-corrected chi connectivity index (χ0v) is 15.1. The van der Waals surface area contributed by atoms with Crippen LogP contribution in [-0.2, 0) is 9.59 Å². The highest BCUT2D eigenvalue weighted by atomic mass is 16.2. The molecule has 0 spiro atoms. The Labute approximate surface area is 153 Å². The van der Waals surface area contributed by atoms with E-state index < -0.39 is 12.1 Å². The van der Waals surface area contributed by atoms with Crippen LogP contribution in [0.1, 0.15) is 39.0 Å². The van der Waals surface area contributed by atoms with Gasteiger partial charge < -0.3 is 5.32 Å². The Morgan fingerprint density at radius 2 is 1.96 bits per heavy atom. The normalized spacial score (nSPS) is 20.3. The average molecular weight is 355 g/mol. The van der Waals surface area contributed by atoms with Crippen molar-refractivity contribution >= 4 is 23.5 Å². The van der Waals surface area contributed by atoms with Crippen LogP contribution in [0.15, 0.2) is 42.0 Å². The molecule has 1 aliphatic heterocycles. The van der Waals surface area contributed by atoms with Gasteiger partial charge >= 0.3 is 6.03 Å². The SMILES string of the molecule is C[C@H]1C(=O)N(CC(=O)NCCC2=CCCCC2)C(=O)N1c1ccccc1. The van der Waals surface area contributed by atoms with E-state index in [1.54, 1.807) is 19.1 Å². The number of anilines is 1. The van der Waals surface area contributed by atoms with Crippen LogP contribution in [0.25, 0.3) is 0 Å². The number of urea groups is 1. The lowest BCUT2D eigenvalue weighted by Gasteiger charge is -2.19. The summed E-state index contributed by atoms with van der Waals surface area (Å²) < 4.78 is 0. The molecule has 1 atom stereocenters. The van der Waals surface area contributed by atoms with Gasteiger partial charge in [-0.05, 0) is 51.2 Å². The highest BCUT2D eigenvalue weighted by Crippen LogP contribution is 2.25. The Balaban J connectivity index is 1.55. The predicted molar refractivity (Wildman–Crippen MR) is 99.7 cm³/mol. The first-order valence-electron chi connectivity index (χ1n) is 9.22. The largest absolute Gasteiger partial charge is 0.354 e. The van der Waals surface area contributed by atoms with Crippen molar-refractivity contribution in [3.63, 3.8) is 0 Å². The van der Waals surface area contributed by atoms with Crippen molar-refractivity contribution in [2.75, 3.05) is 18.0 Å². The first kappa shape index (κ1) is 18.2. The molecule has 6 nitrogen and oxygen atoms in total. The average Bonchev–Trinajstić information content (AvgIpc) is 2.87. The number of amides is 4. The molecule has 1 aliphatic carbocycles. The van der Waals surface area contributed by atoms with Gasteiger partial charge in [0.2, 0.25) is 5.91 Å². The van der Waals surface area contributed by atoms with Crippen molar-refractivity contribution in [2.24, 2.45) is 0 Å². The van der Waals surface area contributed by atoms with Gasteiger partial charge in [-0.2, -0.15) is 0 Å². The number of hydrogen-bond acceptors (Lipinski definition) is 3. The molecule has 0 saturated carbocycles. The molecule has 0 aromatic heterocycles. The Morgan fingerprint density at radius 3 is 2.65 bits per heavy atom. The van der Waals surface area contributed by atoms with Gasteiger partial charge in [0.1, 0.15) is 12.6 Å². The molecule has 1 fully saturated rings. The topological polar surface area (TPSA) is 69.7 Å². The molecule has 26 heavy (non-hydrogen) atoms. The molecule has 0 radical (unpaired) electrons. The number of para-hydroxylation sites is 1. The van der Waals surface area contributed by atoms with E-state index in [1.165, 1.54) is 23.3 Å². The van der Waals surface area contributed by atoms with E-state index in [4.69, 9.17) is 0 Å². The maximum absolute atomic E-state index is 12.6. The third-order valence-electron chi connectivity index (χ3n) is 4.94. The smallest absolute Gasteiger partial charge is 0.332 e. The second-order valence-electron chi connectivity index (χ2n) is 6.80. The summed E-state index contributed by atoms with van der Waals surface area (Å²) in [6.07, 6.45) is 7.76. The van der Waals surface area contributed by atoms with Gasteiger partial charge in [-0.25, -0.2) is 4.79 Å². The molecule has 138 valence electrons. The zero-order valence-electron chi connectivity index (χ0n) is 15.1. The second-order valence-corrected chi connectivity index (χ2v) is 6.80. The summed E-state index contributed by atoms with van der Waals surface area (Å²) in [6.45, 7) is 1.99. The maximum atomic E-state index is 12.6. The molecular weight excluding hydrogens is 330 g/mol. The molecule has 3 rings (SSSR count). The zero-order chi connectivity index (χ0) is 18.5. The quantitative estimate of drug-likeness (QED) is 0.630. The van der Waals surface area contributed by atoms with Crippen LogP contribution >= 0.6 is 0 Å². The Morgan fingerprint density at radius 1 is 1.19 bits per heavy atom. The number of nitrogens with zero attached hydrogens (tertiary/aromatic N) is 2.